The third kappa shape index (κ3) is 4.06. The van der Waals surface area contributed by atoms with Gasteiger partial charge in [0, 0.05) is 13.7 Å². The van der Waals surface area contributed by atoms with Gasteiger partial charge in [-0.15, -0.1) is 0 Å². The van der Waals surface area contributed by atoms with Crippen LogP contribution in [0.3, 0.4) is 0 Å². The predicted molar refractivity (Wildman–Crippen MR) is 133 cm³/mol. The summed E-state index contributed by atoms with van der Waals surface area (Å²) in [6.07, 6.45) is 1.51. The second kappa shape index (κ2) is 9.40. The Hall–Kier alpha value is -4.28. The molecule has 0 aliphatic rings. The minimum Gasteiger partial charge on any atom is -0.478 e. The second-order valence-electron chi connectivity index (χ2n) is 7.90. The van der Waals surface area contributed by atoms with E-state index >= 15 is 4.39 Å². The molecule has 5 aromatic rings. The van der Waals surface area contributed by atoms with Crippen LogP contribution in [0.15, 0.2) is 60.9 Å². The molecule has 0 spiro atoms. The number of nitrogens with one attached hydrogen (secondary N) is 1. The number of amides is 1. The number of nitrogens with zero attached hydrogens (tertiary/aromatic N) is 4. The Labute approximate surface area is 208 Å². The molecule has 0 aliphatic carbocycles. The molecule has 0 fully saturated rings. The monoisotopic (exact) mass is 507 g/mol. The van der Waals surface area contributed by atoms with Gasteiger partial charge in [-0.05, 0) is 48.5 Å². The minimum atomic E-state index is -1.12. The fourth-order valence-electron chi connectivity index (χ4n) is 4.05. The number of rotatable bonds is 7. The van der Waals surface area contributed by atoms with Gasteiger partial charge in [0.2, 0.25) is 5.82 Å². The van der Waals surface area contributed by atoms with Gasteiger partial charge in [0.25, 0.3) is 5.91 Å². The number of carbonyl (C=O) groups is 2. The molecule has 3 aromatic carbocycles. The van der Waals surface area contributed by atoms with Crippen molar-refractivity contribution in [3.8, 4) is 0 Å². The van der Waals surface area contributed by atoms with E-state index in [0.29, 0.717) is 27.8 Å². The lowest BCUT2D eigenvalue weighted by Gasteiger charge is -2.24. The van der Waals surface area contributed by atoms with E-state index in [-0.39, 0.29) is 35.2 Å². The smallest absolute Gasteiger partial charge is 0.335 e. The first-order valence-electron chi connectivity index (χ1n) is 10.8. The van der Waals surface area contributed by atoms with Crippen molar-refractivity contribution in [3.63, 3.8) is 0 Å². The summed E-state index contributed by atoms with van der Waals surface area (Å²) in [4.78, 5) is 38.4. The predicted octanol–water partition coefficient (Wildman–Crippen LogP) is 5.03. The Morgan fingerprint density at radius 2 is 2.00 bits per heavy atom. The topological polar surface area (TPSA) is 113 Å². The van der Waals surface area contributed by atoms with Crippen molar-refractivity contribution in [1.29, 1.82) is 0 Å². The van der Waals surface area contributed by atoms with Crippen molar-refractivity contribution in [3.05, 3.63) is 83.2 Å². The van der Waals surface area contributed by atoms with Gasteiger partial charge in [0.05, 0.1) is 51.3 Å². The highest BCUT2D eigenvalue weighted by Gasteiger charge is 2.30. The van der Waals surface area contributed by atoms with Gasteiger partial charge >= 0.3 is 5.97 Å². The molecule has 2 heterocycles. The van der Waals surface area contributed by atoms with Crippen LogP contribution in [0.2, 0.25) is 5.02 Å². The largest absolute Gasteiger partial charge is 0.478 e. The van der Waals surface area contributed by atoms with Gasteiger partial charge in [-0.3, -0.25) is 9.69 Å². The Balaban J connectivity index is 1.73. The van der Waals surface area contributed by atoms with Gasteiger partial charge in [0.15, 0.2) is 0 Å². The lowest BCUT2D eigenvalue weighted by molar-refractivity contribution is 0.0696. The van der Waals surface area contributed by atoms with Crippen molar-refractivity contribution < 1.29 is 23.8 Å². The minimum absolute atomic E-state index is 0.0246. The van der Waals surface area contributed by atoms with E-state index in [4.69, 9.17) is 16.3 Å². The normalized spacial score (nSPS) is 11.3. The number of H-pyrrole nitrogens is 1. The lowest BCUT2D eigenvalue weighted by Crippen LogP contribution is -2.30. The van der Waals surface area contributed by atoms with E-state index in [9.17, 15) is 14.7 Å². The first-order chi connectivity index (χ1) is 17.4. The number of para-hydroxylation sites is 1. The molecule has 2 N–H and O–H groups in total. The molecule has 0 atom stereocenters. The summed E-state index contributed by atoms with van der Waals surface area (Å²) in [5, 5.41) is 9.42. The first kappa shape index (κ1) is 23.5. The number of carboxylic acids is 1. The van der Waals surface area contributed by atoms with E-state index < -0.39 is 17.7 Å². The average Bonchev–Trinajstić information content (AvgIpc) is 3.48. The van der Waals surface area contributed by atoms with Crippen LogP contribution in [-0.2, 0) is 11.3 Å². The van der Waals surface area contributed by atoms with Crippen molar-refractivity contribution in [2.75, 3.05) is 18.6 Å². The van der Waals surface area contributed by atoms with Crippen molar-refractivity contribution in [2.45, 2.75) is 6.54 Å². The molecule has 11 heteroatoms. The summed E-state index contributed by atoms with van der Waals surface area (Å²) in [7, 11) is 1.52. The highest BCUT2D eigenvalue weighted by Crippen LogP contribution is 2.37. The lowest BCUT2D eigenvalue weighted by atomic mass is 10.2. The van der Waals surface area contributed by atoms with E-state index in [1.165, 1.54) is 43.8 Å². The molecule has 0 saturated heterocycles. The highest BCUT2D eigenvalue weighted by atomic mass is 35.5. The quantitative estimate of drug-likeness (QED) is 0.319. The Morgan fingerprint density at radius 3 is 2.75 bits per heavy atom. The van der Waals surface area contributed by atoms with Crippen LogP contribution >= 0.6 is 11.6 Å². The number of hydrogen-bond donors (Lipinski definition) is 2. The molecule has 2 aromatic heterocycles. The van der Waals surface area contributed by atoms with Crippen LogP contribution in [0.4, 0.5) is 15.8 Å². The van der Waals surface area contributed by atoms with Crippen LogP contribution in [-0.4, -0.2) is 50.2 Å². The van der Waals surface area contributed by atoms with Gasteiger partial charge in [0.1, 0.15) is 11.5 Å². The molecule has 1 amide bonds. The van der Waals surface area contributed by atoms with Crippen molar-refractivity contribution >= 4 is 56.9 Å². The number of carbonyl (C=O) groups excluding carboxylic acids is 1. The van der Waals surface area contributed by atoms with Crippen LogP contribution in [0.25, 0.3) is 22.1 Å². The number of aromatic nitrogens is 4. The molecule has 182 valence electrons. The Kier molecular flexibility index (Phi) is 6.13. The SMILES string of the molecule is COCCn1c(C(=O)N(c2ccc3nc[nH]c3c2)c2c(F)cccc2Cl)nc2cc(C(=O)O)ccc21. The molecule has 0 radical (unpaired) electrons. The van der Waals surface area contributed by atoms with E-state index in [0.717, 1.165) is 4.90 Å². The Morgan fingerprint density at radius 1 is 1.17 bits per heavy atom. The van der Waals surface area contributed by atoms with E-state index in [1.54, 1.807) is 28.8 Å². The third-order valence-electron chi connectivity index (χ3n) is 5.73. The molecule has 0 bridgehead atoms. The van der Waals surface area contributed by atoms with Gasteiger partial charge in [-0.2, -0.15) is 0 Å². The summed E-state index contributed by atoms with van der Waals surface area (Å²) in [5.41, 5.74) is 2.36. The summed E-state index contributed by atoms with van der Waals surface area (Å²) in [5.74, 6) is -2.52. The van der Waals surface area contributed by atoms with Gasteiger partial charge in [-0.1, -0.05) is 17.7 Å². The number of hydrogen-bond acceptors (Lipinski definition) is 5. The summed E-state index contributed by atoms with van der Waals surface area (Å²) in [6.45, 7) is 0.506. The number of anilines is 2. The third-order valence-corrected chi connectivity index (χ3v) is 6.04. The van der Waals surface area contributed by atoms with Crippen LogP contribution in [0, 0.1) is 5.82 Å². The number of aromatic carboxylic acids is 1. The molecule has 0 unspecified atom stereocenters. The Bertz CT molecular complexity index is 1610. The number of methoxy groups -OCH3 is 1. The van der Waals surface area contributed by atoms with E-state index in [2.05, 4.69) is 15.0 Å². The fraction of sp³-hybridized carbons (Fsp3) is 0.120. The zero-order valence-electron chi connectivity index (χ0n) is 18.9. The number of carboxylic acid groups (broad SMARTS) is 1. The van der Waals surface area contributed by atoms with Crippen LogP contribution in [0.5, 0.6) is 0 Å². The molecule has 0 aliphatic heterocycles. The van der Waals surface area contributed by atoms with E-state index in [1.807, 2.05) is 0 Å². The zero-order valence-corrected chi connectivity index (χ0v) is 19.7. The maximum atomic E-state index is 15.2. The number of benzene rings is 3. The number of imidazole rings is 2. The molecular weight excluding hydrogens is 489 g/mol. The first-order valence-corrected chi connectivity index (χ1v) is 11.2. The molecule has 36 heavy (non-hydrogen) atoms. The standard InChI is InChI=1S/C25H19ClFN5O4/c1-36-10-9-31-21-8-5-14(25(34)35)11-20(21)30-23(31)24(33)32(22-16(26)3-2-4-17(22)27)15-6-7-18-19(12-15)29-13-28-18/h2-8,11-13H,9-10H2,1H3,(H,28,29)(H,34,35). The molecular formula is C25H19ClFN5O4. The second-order valence-corrected chi connectivity index (χ2v) is 8.31. The number of halogens is 2. The zero-order chi connectivity index (χ0) is 25.4. The molecule has 0 saturated carbocycles. The number of fused-ring (bicyclic) bond motifs is 2. The number of ether oxygens (including phenoxy) is 1. The average molecular weight is 508 g/mol. The molecule has 9 nitrogen and oxygen atoms in total. The van der Waals surface area contributed by atoms with Crippen molar-refractivity contribution in [2.24, 2.45) is 0 Å². The summed E-state index contributed by atoms with van der Waals surface area (Å²) in [6, 6.07) is 13.5. The maximum Gasteiger partial charge on any atom is 0.335 e. The van der Waals surface area contributed by atoms with Crippen LogP contribution in [0.1, 0.15) is 21.0 Å². The summed E-state index contributed by atoms with van der Waals surface area (Å²) >= 11 is 6.39. The highest BCUT2D eigenvalue weighted by molar-refractivity contribution is 6.34. The van der Waals surface area contributed by atoms with Crippen LogP contribution < -0.4 is 4.90 Å². The van der Waals surface area contributed by atoms with Gasteiger partial charge in [-0.25, -0.2) is 19.2 Å². The number of aromatic amines is 1. The maximum absolute atomic E-state index is 15.2. The van der Waals surface area contributed by atoms with Gasteiger partial charge < -0.3 is 19.4 Å². The summed E-state index contributed by atoms with van der Waals surface area (Å²) < 4.78 is 22.0. The van der Waals surface area contributed by atoms with Crippen molar-refractivity contribution in [1.82, 2.24) is 19.5 Å². The molecule has 5 rings (SSSR count). The fourth-order valence-corrected chi connectivity index (χ4v) is 4.30.